The Labute approximate surface area is 131 Å². The molecule has 1 amide bonds. The van der Waals surface area contributed by atoms with Gasteiger partial charge >= 0.3 is 0 Å². The zero-order chi connectivity index (χ0) is 16.8. The minimum atomic E-state index is -1.60. The maximum Gasteiger partial charge on any atom is 0.244 e. The molecule has 0 aliphatic rings. The van der Waals surface area contributed by atoms with Crippen LogP contribution in [0.2, 0.25) is 0 Å². The molecule has 120 valence electrons. The van der Waals surface area contributed by atoms with Crippen LogP contribution < -0.4 is 5.32 Å². The van der Waals surface area contributed by atoms with Gasteiger partial charge in [-0.25, -0.2) is 13.2 Å². The van der Waals surface area contributed by atoms with E-state index in [4.69, 9.17) is 0 Å². The number of aliphatic hydroxyl groups excluding tert-OH is 1. The lowest BCUT2D eigenvalue weighted by Gasteiger charge is -2.16. The predicted molar refractivity (Wildman–Crippen MR) is 79.8 cm³/mol. The molecular weight excluding hydrogens is 307 g/mol. The van der Waals surface area contributed by atoms with Gasteiger partial charge in [0, 0.05) is 6.08 Å². The second-order valence-corrected chi connectivity index (χ2v) is 4.79. The minimum Gasteiger partial charge on any atom is -0.394 e. The fourth-order valence-electron chi connectivity index (χ4n) is 1.97. The van der Waals surface area contributed by atoms with Gasteiger partial charge in [-0.3, -0.25) is 4.79 Å². The quantitative estimate of drug-likeness (QED) is 0.657. The second kappa shape index (κ2) is 7.60. The fourth-order valence-corrected chi connectivity index (χ4v) is 1.97. The van der Waals surface area contributed by atoms with Crippen LogP contribution in [0.15, 0.2) is 48.5 Å². The summed E-state index contributed by atoms with van der Waals surface area (Å²) in [6, 6.07) is 9.44. The van der Waals surface area contributed by atoms with E-state index in [0.29, 0.717) is 0 Å². The van der Waals surface area contributed by atoms with Gasteiger partial charge in [0.15, 0.2) is 17.5 Å². The van der Waals surface area contributed by atoms with Gasteiger partial charge in [-0.1, -0.05) is 30.3 Å². The molecule has 2 aromatic carbocycles. The van der Waals surface area contributed by atoms with Gasteiger partial charge in [-0.2, -0.15) is 0 Å². The normalized spacial score (nSPS) is 12.3. The molecule has 0 saturated heterocycles. The molecule has 3 nitrogen and oxygen atoms in total. The number of nitrogens with one attached hydrogen (secondary N) is 1. The maximum absolute atomic E-state index is 13.2. The summed E-state index contributed by atoms with van der Waals surface area (Å²) < 4.78 is 39.4. The van der Waals surface area contributed by atoms with Crippen LogP contribution in [0, 0.1) is 17.5 Å². The molecule has 0 heterocycles. The standard InChI is InChI=1S/C17H14F3NO2/c18-13-8-12(9-14(19)17(13)20)15(10-22)21-16(23)7-6-11-4-2-1-3-5-11/h1-9,15,22H,10H2,(H,21,23)/b7-6+. The highest BCUT2D eigenvalue weighted by Gasteiger charge is 2.18. The molecule has 2 rings (SSSR count). The molecule has 2 N–H and O–H groups in total. The minimum absolute atomic E-state index is 0.0645. The average molecular weight is 321 g/mol. The number of carbonyl (C=O) groups is 1. The van der Waals surface area contributed by atoms with Crippen LogP contribution in [0.5, 0.6) is 0 Å². The summed E-state index contributed by atoms with van der Waals surface area (Å²) in [5, 5.41) is 11.7. The summed E-state index contributed by atoms with van der Waals surface area (Å²) in [4.78, 5) is 11.8. The summed E-state index contributed by atoms with van der Waals surface area (Å²) in [5.74, 6) is -4.92. The lowest BCUT2D eigenvalue weighted by atomic mass is 10.1. The molecule has 0 radical (unpaired) electrons. The number of carbonyl (C=O) groups excluding carboxylic acids is 1. The van der Waals surface area contributed by atoms with Gasteiger partial charge in [0.05, 0.1) is 12.6 Å². The first-order valence-corrected chi connectivity index (χ1v) is 6.80. The molecule has 23 heavy (non-hydrogen) atoms. The monoisotopic (exact) mass is 321 g/mol. The van der Waals surface area contributed by atoms with Crippen molar-refractivity contribution in [3.05, 3.63) is 77.1 Å². The molecule has 6 heteroatoms. The van der Waals surface area contributed by atoms with Gasteiger partial charge in [-0.05, 0) is 29.3 Å². The van der Waals surface area contributed by atoms with Gasteiger partial charge in [-0.15, -0.1) is 0 Å². The molecule has 0 aromatic heterocycles. The van der Waals surface area contributed by atoms with E-state index >= 15 is 0 Å². The van der Waals surface area contributed by atoms with Crippen molar-refractivity contribution in [3.8, 4) is 0 Å². The van der Waals surface area contributed by atoms with Gasteiger partial charge < -0.3 is 10.4 Å². The second-order valence-electron chi connectivity index (χ2n) is 4.79. The van der Waals surface area contributed by atoms with E-state index in [0.717, 1.165) is 17.7 Å². The van der Waals surface area contributed by atoms with Crippen molar-refractivity contribution >= 4 is 12.0 Å². The molecule has 0 bridgehead atoms. The number of hydrogen-bond donors (Lipinski definition) is 2. The third kappa shape index (κ3) is 4.43. The largest absolute Gasteiger partial charge is 0.394 e. The Morgan fingerprint density at radius 1 is 1.13 bits per heavy atom. The maximum atomic E-state index is 13.2. The van der Waals surface area contributed by atoms with Gasteiger partial charge in [0.25, 0.3) is 0 Å². The first kappa shape index (κ1) is 16.8. The SMILES string of the molecule is O=C(/C=C/c1ccccc1)NC(CO)c1cc(F)c(F)c(F)c1. The molecule has 0 saturated carbocycles. The molecule has 0 spiro atoms. The Morgan fingerprint density at radius 2 is 1.74 bits per heavy atom. The zero-order valence-corrected chi connectivity index (χ0v) is 12.0. The predicted octanol–water partition coefficient (Wildman–Crippen LogP) is 2.97. The number of rotatable bonds is 5. The third-order valence-electron chi connectivity index (χ3n) is 3.13. The Hall–Kier alpha value is -2.60. The Morgan fingerprint density at radius 3 is 2.30 bits per heavy atom. The van der Waals surface area contributed by atoms with Crippen molar-refractivity contribution in [2.75, 3.05) is 6.61 Å². The van der Waals surface area contributed by atoms with E-state index < -0.39 is 36.0 Å². The molecule has 0 fully saturated rings. The van der Waals surface area contributed by atoms with Crippen molar-refractivity contribution in [1.29, 1.82) is 0 Å². The van der Waals surface area contributed by atoms with Gasteiger partial charge in [0.1, 0.15) is 0 Å². The van der Waals surface area contributed by atoms with Crippen molar-refractivity contribution in [2.45, 2.75) is 6.04 Å². The van der Waals surface area contributed by atoms with Crippen LogP contribution in [0.4, 0.5) is 13.2 Å². The Balaban J connectivity index is 2.10. The van der Waals surface area contributed by atoms with E-state index in [2.05, 4.69) is 5.32 Å². The van der Waals surface area contributed by atoms with Gasteiger partial charge in [0.2, 0.25) is 5.91 Å². The summed E-state index contributed by atoms with van der Waals surface area (Å²) >= 11 is 0. The molecule has 1 unspecified atom stereocenters. The zero-order valence-electron chi connectivity index (χ0n) is 12.0. The van der Waals surface area contributed by atoms with Crippen LogP contribution in [0.3, 0.4) is 0 Å². The highest BCUT2D eigenvalue weighted by Crippen LogP contribution is 2.19. The molecule has 0 aliphatic carbocycles. The lowest BCUT2D eigenvalue weighted by Crippen LogP contribution is -2.29. The Bertz CT molecular complexity index is 694. The van der Waals surface area contributed by atoms with Crippen molar-refractivity contribution in [1.82, 2.24) is 5.32 Å². The fraction of sp³-hybridized carbons (Fsp3) is 0.118. The highest BCUT2D eigenvalue weighted by molar-refractivity contribution is 5.92. The Kier molecular flexibility index (Phi) is 5.54. The van der Waals surface area contributed by atoms with E-state index in [1.807, 2.05) is 6.07 Å². The van der Waals surface area contributed by atoms with Crippen LogP contribution >= 0.6 is 0 Å². The molecule has 0 aliphatic heterocycles. The number of halogens is 3. The molecular formula is C17H14F3NO2. The number of benzene rings is 2. The summed E-state index contributed by atoms with van der Waals surface area (Å²) in [5.41, 5.74) is 0.729. The average Bonchev–Trinajstić information content (AvgIpc) is 2.56. The first-order valence-electron chi connectivity index (χ1n) is 6.80. The van der Waals surface area contributed by atoms with E-state index in [1.165, 1.54) is 6.08 Å². The van der Waals surface area contributed by atoms with Crippen LogP contribution in [-0.4, -0.2) is 17.6 Å². The topological polar surface area (TPSA) is 49.3 Å². The van der Waals surface area contributed by atoms with E-state index in [9.17, 15) is 23.1 Å². The van der Waals surface area contributed by atoms with E-state index in [-0.39, 0.29) is 5.56 Å². The summed E-state index contributed by atoms with van der Waals surface area (Å²) in [6.45, 7) is -0.588. The van der Waals surface area contributed by atoms with Crippen molar-refractivity contribution in [2.24, 2.45) is 0 Å². The summed E-state index contributed by atoms with van der Waals surface area (Å²) in [7, 11) is 0. The van der Waals surface area contributed by atoms with E-state index in [1.54, 1.807) is 30.3 Å². The lowest BCUT2D eigenvalue weighted by molar-refractivity contribution is -0.117. The summed E-state index contributed by atoms with van der Waals surface area (Å²) in [6.07, 6.45) is 2.78. The molecule has 1 atom stereocenters. The van der Waals surface area contributed by atoms with Crippen molar-refractivity contribution in [3.63, 3.8) is 0 Å². The first-order chi connectivity index (χ1) is 11.0. The smallest absolute Gasteiger partial charge is 0.244 e. The van der Waals surface area contributed by atoms with Crippen LogP contribution in [-0.2, 0) is 4.79 Å². The third-order valence-corrected chi connectivity index (χ3v) is 3.13. The highest BCUT2D eigenvalue weighted by atomic mass is 19.2. The number of aliphatic hydroxyl groups is 1. The van der Waals surface area contributed by atoms with Crippen LogP contribution in [0.1, 0.15) is 17.2 Å². The molecule has 2 aromatic rings. The van der Waals surface area contributed by atoms with Crippen molar-refractivity contribution < 1.29 is 23.1 Å². The number of amides is 1. The van der Waals surface area contributed by atoms with Crippen LogP contribution in [0.25, 0.3) is 6.08 Å². The number of hydrogen-bond acceptors (Lipinski definition) is 2.